The van der Waals surface area contributed by atoms with Crippen LogP contribution in [0.2, 0.25) is 18.1 Å². The van der Waals surface area contributed by atoms with E-state index in [9.17, 15) is 0 Å². The summed E-state index contributed by atoms with van der Waals surface area (Å²) >= 11 is 0. The Hall–Kier alpha value is -0.703. The third-order valence-electron chi connectivity index (χ3n) is 2.89. The highest BCUT2D eigenvalue weighted by atomic mass is 28.4. The van der Waals surface area contributed by atoms with Crippen molar-refractivity contribution in [2.75, 3.05) is 6.61 Å². The van der Waals surface area contributed by atoms with E-state index in [1.54, 1.807) is 6.26 Å². The van der Waals surface area contributed by atoms with Gasteiger partial charge in [-0.25, -0.2) is 0 Å². The molecule has 0 saturated carbocycles. The molecule has 1 rings (SSSR count). The summed E-state index contributed by atoms with van der Waals surface area (Å²) in [5.74, 6) is 0.961. The van der Waals surface area contributed by atoms with Gasteiger partial charge in [-0.15, -0.1) is 0 Å². The van der Waals surface area contributed by atoms with Crippen LogP contribution in [-0.4, -0.2) is 14.9 Å². The second-order valence-corrected chi connectivity index (χ2v) is 9.83. The first kappa shape index (κ1) is 11.4. The quantitative estimate of drug-likeness (QED) is 0.653. The lowest BCUT2D eigenvalue weighted by atomic mass is 10.2. The maximum Gasteiger partial charge on any atom is 0.250 e. The van der Waals surface area contributed by atoms with Gasteiger partial charge in [-0.05, 0) is 24.2 Å². The number of rotatable bonds is 2. The molecule has 0 spiro atoms. The molecule has 14 heavy (non-hydrogen) atoms. The van der Waals surface area contributed by atoms with Crippen molar-refractivity contribution in [1.82, 2.24) is 0 Å². The van der Waals surface area contributed by atoms with Gasteiger partial charge in [-0.1, -0.05) is 20.8 Å². The van der Waals surface area contributed by atoms with Crippen molar-refractivity contribution in [3.63, 3.8) is 0 Å². The summed E-state index contributed by atoms with van der Waals surface area (Å²) in [6.07, 6.45) is 5.58. The van der Waals surface area contributed by atoms with E-state index in [4.69, 9.17) is 9.16 Å². The first-order valence-electron chi connectivity index (χ1n) is 5.00. The molecule has 0 unspecified atom stereocenters. The maximum atomic E-state index is 6.08. The van der Waals surface area contributed by atoms with Crippen molar-refractivity contribution >= 4 is 8.32 Å². The first-order valence-corrected chi connectivity index (χ1v) is 7.91. The second kappa shape index (κ2) is 3.81. The van der Waals surface area contributed by atoms with E-state index in [-0.39, 0.29) is 5.04 Å². The molecule has 0 aromatic carbocycles. The second-order valence-electron chi connectivity index (χ2n) is 5.10. The van der Waals surface area contributed by atoms with Gasteiger partial charge in [0, 0.05) is 6.08 Å². The molecule has 1 heterocycles. The van der Waals surface area contributed by atoms with Gasteiger partial charge in [0.15, 0.2) is 0 Å². The van der Waals surface area contributed by atoms with Gasteiger partial charge < -0.3 is 9.16 Å². The highest BCUT2D eigenvalue weighted by Gasteiger charge is 2.39. The predicted molar refractivity (Wildman–Crippen MR) is 61.5 cm³/mol. The zero-order chi connectivity index (χ0) is 10.8. The van der Waals surface area contributed by atoms with Crippen molar-refractivity contribution in [3.05, 3.63) is 24.2 Å². The molecule has 0 aromatic rings. The fourth-order valence-electron chi connectivity index (χ4n) is 0.892. The fraction of sp³-hybridized carbons (Fsp3) is 0.636. The van der Waals surface area contributed by atoms with Gasteiger partial charge >= 0.3 is 0 Å². The molecule has 80 valence electrons. The summed E-state index contributed by atoms with van der Waals surface area (Å²) in [6, 6.07) is 0. The molecular weight excluding hydrogens is 192 g/mol. The van der Waals surface area contributed by atoms with Gasteiger partial charge in [-0.2, -0.15) is 0 Å². The van der Waals surface area contributed by atoms with Gasteiger partial charge in [0.2, 0.25) is 8.32 Å². The Balaban J connectivity index is 2.68. The lowest BCUT2D eigenvalue weighted by Gasteiger charge is -2.37. The van der Waals surface area contributed by atoms with Crippen LogP contribution in [0.15, 0.2) is 24.2 Å². The van der Waals surface area contributed by atoms with E-state index < -0.39 is 8.32 Å². The monoisotopic (exact) mass is 212 g/mol. The molecular formula is C11H20O2Si. The molecule has 0 radical (unpaired) electrons. The van der Waals surface area contributed by atoms with Gasteiger partial charge in [0.1, 0.15) is 12.4 Å². The molecule has 0 atom stereocenters. The van der Waals surface area contributed by atoms with E-state index >= 15 is 0 Å². The first-order chi connectivity index (χ1) is 6.33. The lowest BCUT2D eigenvalue weighted by molar-refractivity contribution is 0.270. The molecule has 0 aliphatic carbocycles. The lowest BCUT2D eigenvalue weighted by Crippen LogP contribution is -2.40. The van der Waals surface area contributed by atoms with Crippen LogP contribution >= 0.6 is 0 Å². The maximum absolute atomic E-state index is 6.08. The van der Waals surface area contributed by atoms with Gasteiger partial charge in [-0.3, -0.25) is 0 Å². The summed E-state index contributed by atoms with van der Waals surface area (Å²) in [6.45, 7) is 11.8. The molecule has 1 aliphatic heterocycles. The van der Waals surface area contributed by atoms with Crippen LogP contribution in [0, 0.1) is 0 Å². The Morgan fingerprint density at radius 2 is 2.00 bits per heavy atom. The molecule has 0 aromatic heterocycles. The third-order valence-corrected chi connectivity index (χ3v) is 7.25. The Morgan fingerprint density at radius 1 is 1.36 bits per heavy atom. The topological polar surface area (TPSA) is 18.5 Å². The minimum absolute atomic E-state index is 0.250. The summed E-state index contributed by atoms with van der Waals surface area (Å²) in [5, 5.41) is 0.250. The van der Waals surface area contributed by atoms with Crippen molar-refractivity contribution in [1.29, 1.82) is 0 Å². The molecule has 1 aliphatic rings. The Bertz CT molecular complexity index is 259. The van der Waals surface area contributed by atoms with Gasteiger partial charge in [0.25, 0.3) is 0 Å². The molecule has 0 fully saturated rings. The van der Waals surface area contributed by atoms with Crippen LogP contribution in [0.3, 0.4) is 0 Å². The smallest absolute Gasteiger partial charge is 0.250 e. The average molecular weight is 212 g/mol. The van der Waals surface area contributed by atoms with E-state index in [1.807, 2.05) is 12.2 Å². The summed E-state index contributed by atoms with van der Waals surface area (Å²) in [4.78, 5) is 0. The number of ether oxygens (including phenoxy) is 1. The van der Waals surface area contributed by atoms with Crippen molar-refractivity contribution in [2.24, 2.45) is 0 Å². The molecule has 3 heteroatoms. The SMILES string of the molecule is CC(C)(C)[Si](C)(C)OC1=CCOC=C1. The van der Waals surface area contributed by atoms with Crippen molar-refractivity contribution in [2.45, 2.75) is 38.9 Å². The highest BCUT2D eigenvalue weighted by molar-refractivity contribution is 6.74. The molecule has 0 amide bonds. The standard InChI is InChI=1S/C11H20O2Si/c1-11(2,3)14(4,5)13-10-6-8-12-9-7-10/h6-8H,9H2,1-5H3. The van der Waals surface area contributed by atoms with Gasteiger partial charge in [0.05, 0.1) is 6.26 Å². The summed E-state index contributed by atoms with van der Waals surface area (Å²) in [7, 11) is -1.67. The van der Waals surface area contributed by atoms with Crippen LogP contribution in [0.5, 0.6) is 0 Å². The third kappa shape index (κ3) is 2.64. The molecule has 2 nitrogen and oxygen atoms in total. The Kier molecular flexibility index (Phi) is 3.09. The Labute approximate surface area is 87.7 Å². The van der Waals surface area contributed by atoms with E-state index in [2.05, 4.69) is 33.9 Å². The largest absolute Gasteiger partial charge is 0.544 e. The van der Waals surface area contributed by atoms with Crippen LogP contribution in [0.4, 0.5) is 0 Å². The summed E-state index contributed by atoms with van der Waals surface area (Å²) < 4.78 is 11.2. The van der Waals surface area contributed by atoms with Crippen LogP contribution in [0.1, 0.15) is 20.8 Å². The van der Waals surface area contributed by atoms with Crippen molar-refractivity contribution < 1.29 is 9.16 Å². The zero-order valence-corrected chi connectivity index (χ0v) is 10.8. The number of hydrogen-bond acceptors (Lipinski definition) is 2. The Morgan fingerprint density at radius 3 is 2.43 bits per heavy atom. The summed E-state index contributed by atoms with van der Waals surface area (Å²) in [5.41, 5.74) is 0. The molecule has 0 saturated heterocycles. The van der Waals surface area contributed by atoms with Crippen molar-refractivity contribution in [3.8, 4) is 0 Å². The number of hydrogen-bond donors (Lipinski definition) is 0. The average Bonchev–Trinajstić information content (AvgIpc) is 2.03. The molecule has 0 bridgehead atoms. The minimum atomic E-state index is -1.67. The predicted octanol–water partition coefficient (Wildman–Crippen LogP) is 3.44. The minimum Gasteiger partial charge on any atom is -0.544 e. The van der Waals surface area contributed by atoms with E-state index in [0.717, 1.165) is 5.76 Å². The fourth-order valence-corrected chi connectivity index (χ4v) is 1.94. The number of allylic oxidation sites excluding steroid dienone is 1. The van der Waals surface area contributed by atoms with E-state index in [0.29, 0.717) is 6.61 Å². The van der Waals surface area contributed by atoms with E-state index in [1.165, 1.54) is 0 Å². The van der Waals surface area contributed by atoms with Crippen LogP contribution in [-0.2, 0) is 9.16 Å². The normalized spacial score (nSPS) is 17.4. The van der Waals surface area contributed by atoms with Crippen LogP contribution < -0.4 is 0 Å². The highest BCUT2D eigenvalue weighted by Crippen LogP contribution is 2.38. The van der Waals surface area contributed by atoms with Crippen LogP contribution in [0.25, 0.3) is 0 Å². The zero-order valence-electron chi connectivity index (χ0n) is 9.76. The molecule has 0 N–H and O–H groups in total.